The first-order valence-electron chi connectivity index (χ1n) is 5.50. The molecule has 1 heterocycles. The third kappa shape index (κ3) is 2.50. The molecule has 0 aromatic heterocycles. The Kier molecular flexibility index (Phi) is 3.38. The van der Waals surface area contributed by atoms with E-state index in [-0.39, 0.29) is 30.5 Å². The molecule has 0 spiro atoms. The van der Waals surface area contributed by atoms with Crippen LogP contribution in [0.2, 0.25) is 0 Å². The molecule has 2 amide bonds. The molecular weight excluding hydrogens is 251 g/mol. The minimum atomic E-state index is -0.635. The molecule has 2 rings (SSSR count). The molecule has 0 atom stereocenters. The number of halogens is 1. The number of benzene rings is 1. The van der Waals surface area contributed by atoms with Crippen molar-refractivity contribution < 1.29 is 18.7 Å². The first-order chi connectivity index (χ1) is 9.02. The third-order valence-electron chi connectivity index (χ3n) is 2.55. The van der Waals surface area contributed by atoms with E-state index in [2.05, 4.69) is 11.2 Å². The maximum Gasteiger partial charge on any atom is 0.265 e. The number of carbonyl (C=O) groups excluding carboxylic acids is 2. The van der Waals surface area contributed by atoms with Crippen molar-refractivity contribution in [3.05, 3.63) is 17.9 Å². The van der Waals surface area contributed by atoms with Crippen molar-refractivity contribution in [2.24, 2.45) is 0 Å². The minimum absolute atomic E-state index is 0.0217. The van der Waals surface area contributed by atoms with E-state index in [1.807, 2.05) is 0 Å². The van der Waals surface area contributed by atoms with Gasteiger partial charge in [0.1, 0.15) is 5.75 Å². The van der Waals surface area contributed by atoms with Crippen molar-refractivity contribution in [2.45, 2.75) is 6.92 Å². The van der Waals surface area contributed by atoms with Crippen LogP contribution in [0.4, 0.5) is 15.8 Å². The van der Waals surface area contributed by atoms with Crippen LogP contribution >= 0.6 is 0 Å². The summed E-state index contributed by atoms with van der Waals surface area (Å²) < 4.78 is 18.9. The van der Waals surface area contributed by atoms with Crippen LogP contribution in [0, 0.1) is 18.2 Å². The molecule has 0 radical (unpaired) electrons. The lowest BCUT2D eigenvalue weighted by Crippen LogP contribution is -2.39. The van der Waals surface area contributed by atoms with Crippen LogP contribution in [-0.2, 0) is 9.59 Å². The number of amides is 2. The molecule has 1 aromatic carbocycles. The SMILES string of the molecule is C#CCN1C(=O)COc2cc(F)c(NC(C)=O)cc21. The highest BCUT2D eigenvalue weighted by atomic mass is 19.1. The molecule has 0 saturated carbocycles. The van der Waals surface area contributed by atoms with Crippen LogP contribution in [-0.4, -0.2) is 25.0 Å². The Morgan fingerprint density at radius 3 is 3.00 bits per heavy atom. The van der Waals surface area contributed by atoms with Gasteiger partial charge in [0.2, 0.25) is 5.91 Å². The molecule has 0 saturated heterocycles. The summed E-state index contributed by atoms with van der Waals surface area (Å²) in [6.07, 6.45) is 5.20. The zero-order valence-corrected chi connectivity index (χ0v) is 10.2. The summed E-state index contributed by atoms with van der Waals surface area (Å²) in [6.45, 7) is 1.13. The number of nitrogens with one attached hydrogen (secondary N) is 1. The number of carbonyl (C=O) groups is 2. The molecule has 0 unspecified atom stereocenters. The monoisotopic (exact) mass is 262 g/mol. The van der Waals surface area contributed by atoms with Crippen LogP contribution in [0.5, 0.6) is 5.75 Å². The summed E-state index contributed by atoms with van der Waals surface area (Å²) in [5.74, 6) is 1.21. The van der Waals surface area contributed by atoms with Crippen LogP contribution in [0.25, 0.3) is 0 Å². The number of fused-ring (bicyclic) bond motifs is 1. The number of nitrogens with zero attached hydrogens (tertiary/aromatic N) is 1. The number of ether oxygens (including phenoxy) is 1. The van der Waals surface area contributed by atoms with Gasteiger partial charge in [-0.15, -0.1) is 6.42 Å². The standard InChI is InChI=1S/C13H11FN2O3/c1-3-4-16-11-6-10(15-8(2)17)9(14)5-12(11)19-7-13(16)18/h1,5-6H,4,7H2,2H3,(H,15,17). The van der Waals surface area contributed by atoms with Crippen LogP contribution < -0.4 is 15.0 Å². The highest BCUT2D eigenvalue weighted by Crippen LogP contribution is 2.36. The van der Waals surface area contributed by atoms with E-state index in [9.17, 15) is 14.0 Å². The van der Waals surface area contributed by atoms with Gasteiger partial charge in [-0.1, -0.05) is 5.92 Å². The fraction of sp³-hybridized carbons (Fsp3) is 0.231. The van der Waals surface area contributed by atoms with Gasteiger partial charge in [-0.05, 0) is 6.07 Å². The van der Waals surface area contributed by atoms with Gasteiger partial charge in [0.15, 0.2) is 12.4 Å². The van der Waals surface area contributed by atoms with Gasteiger partial charge in [-0.2, -0.15) is 0 Å². The van der Waals surface area contributed by atoms with E-state index >= 15 is 0 Å². The van der Waals surface area contributed by atoms with Crippen molar-refractivity contribution in [2.75, 3.05) is 23.4 Å². The number of terminal acetylenes is 1. The fourth-order valence-corrected chi connectivity index (χ4v) is 1.77. The molecule has 6 heteroatoms. The lowest BCUT2D eigenvalue weighted by molar-refractivity contribution is -0.121. The van der Waals surface area contributed by atoms with Gasteiger partial charge in [0, 0.05) is 13.0 Å². The van der Waals surface area contributed by atoms with E-state index < -0.39 is 11.7 Å². The summed E-state index contributed by atoms with van der Waals surface area (Å²) in [6, 6.07) is 2.46. The average Bonchev–Trinajstić information content (AvgIpc) is 2.34. The van der Waals surface area contributed by atoms with Gasteiger partial charge in [0.25, 0.3) is 5.91 Å². The first kappa shape index (κ1) is 12.9. The van der Waals surface area contributed by atoms with Crippen molar-refractivity contribution in [1.29, 1.82) is 0 Å². The zero-order chi connectivity index (χ0) is 14.0. The van der Waals surface area contributed by atoms with E-state index in [1.165, 1.54) is 17.9 Å². The molecule has 0 fully saturated rings. The molecule has 1 N–H and O–H groups in total. The maximum absolute atomic E-state index is 13.7. The maximum atomic E-state index is 13.7. The quantitative estimate of drug-likeness (QED) is 0.813. The Bertz CT molecular complexity index is 592. The van der Waals surface area contributed by atoms with Crippen molar-refractivity contribution in [3.63, 3.8) is 0 Å². The lowest BCUT2D eigenvalue weighted by atomic mass is 10.2. The summed E-state index contributed by atoms with van der Waals surface area (Å²) >= 11 is 0. The molecule has 1 aliphatic heterocycles. The Labute approximate surface area is 109 Å². The lowest BCUT2D eigenvalue weighted by Gasteiger charge is -2.28. The van der Waals surface area contributed by atoms with Gasteiger partial charge in [-0.25, -0.2) is 4.39 Å². The second-order valence-corrected chi connectivity index (χ2v) is 3.95. The van der Waals surface area contributed by atoms with Gasteiger partial charge >= 0.3 is 0 Å². The largest absolute Gasteiger partial charge is 0.481 e. The highest BCUT2D eigenvalue weighted by molar-refractivity contribution is 5.99. The summed E-state index contributed by atoms with van der Waals surface area (Å²) in [5.41, 5.74) is 0.325. The number of hydrogen-bond acceptors (Lipinski definition) is 3. The third-order valence-corrected chi connectivity index (χ3v) is 2.55. The predicted molar refractivity (Wildman–Crippen MR) is 67.4 cm³/mol. The summed E-state index contributed by atoms with van der Waals surface area (Å²) in [7, 11) is 0. The van der Waals surface area contributed by atoms with Crippen LogP contribution in [0.15, 0.2) is 12.1 Å². The fourth-order valence-electron chi connectivity index (χ4n) is 1.77. The molecule has 19 heavy (non-hydrogen) atoms. The average molecular weight is 262 g/mol. The minimum Gasteiger partial charge on any atom is -0.481 e. The predicted octanol–water partition coefficient (Wildman–Crippen LogP) is 1.14. The Morgan fingerprint density at radius 2 is 2.37 bits per heavy atom. The van der Waals surface area contributed by atoms with Crippen molar-refractivity contribution >= 4 is 23.2 Å². The van der Waals surface area contributed by atoms with Gasteiger partial charge < -0.3 is 10.1 Å². The van der Waals surface area contributed by atoms with E-state index in [0.29, 0.717) is 5.69 Å². The van der Waals surface area contributed by atoms with E-state index in [1.54, 1.807) is 0 Å². The smallest absolute Gasteiger partial charge is 0.265 e. The molecule has 98 valence electrons. The topological polar surface area (TPSA) is 58.6 Å². The molecule has 0 aliphatic carbocycles. The number of rotatable bonds is 2. The van der Waals surface area contributed by atoms with Crippen molar-refractivity contribution in [1.82, 2.24) is 0 Å². The van der Waals surface area contributed by atoms with Crippen LogP contribution in [0.3, 0.4) is 0 Å². The van der Waals surface area contributed by atoms with E-state index in [4.69, 9.17) is 11.2 Å². The summed E-state index contributed by atoms with van der Waals surface area (Å²) in [4.78, 5) is 24.0. The highest BCUT2D eigenvalue weighted by Gasteiger charge is 2.26. The number of hydrogen-bond donors (Lipinski definition) is 1. The summed E-state index contributed by atoms with van der Waals surface area (Å²) in [5, 5.41) is 2.34. The second kappa shape index (κ2) is 4.98. The first-order valence-corrected chi connectivity index (χ1v) is 5.50. The van der Waals surface area contributed by atoms with Crippen molar-refractivity contribution in [3.8, 4) is 18.1 Å². The Balaban J connectivity index is 2.47. The Morgan fingerprint density at radius 1 is 1.63 bits per heavy atom. The molecule has 5 nitrogen and oxygen atoms in total. The second-order valence-electron chi connectivity index (χ2n) is 3.95. The Hall–Kier alpha value is -2.55. The molecular formula is C13H11FN2O3. The van der Waals surface area contributed by atoms with E-state index in [0.717, 1.165) is 6.07 Å². The molecule has 0 bridgehead atoms. The zero-order valence-electron chi connectivity index (χ0n) is 10.2. The molecule has 1 aliphatic rings. The van der Waals surface area contributed by atoms with Crippen LogP contribution in [0.1, 0.15) is 6.92 Å². The molecule has 1 aromatic rings. The van der Waals surface area contributed by atoms with Gasteiger partial charge in [0.05, 0.1) is 17.9 Å². The van der Waals surface area contributed by atoms with Gasteiger partial charge in [-0.3, -0.25) is 14.5 Å². The number of anilines is 2. The normalized spacial score (nSPS) is 13.3.